The Bertz CT molecular complexity index is 429. The molecule has 0 heterocycles. The number of nitrogens with one attached hydrogen (secondary N) is 1. The van der Waals surface area contributed by atoms with E-state index < -0.39 is 12.3 Å². The highest BCUT2D eigenvalue weighted by molar-refractivity contribution is 6.31. The lowest BCUT2D eigenvalue weighted by Gasteiger charge is -2.04. The largest absolute Gasteiger partial charge is 0.321 e. The number of halogens is 3. The van der Waals surface area contributed by atoms with Crippen molar-refractivity contribution in [3.8, 4) is 6.07 Å². The minimum Gasteiger partial charge on any atom is -0.321 e. The SMILES string of the molecule is N#Cc1cc(NC(=O)C(F)F)ccc1Cl. The average Bonchev–Trinajstić information content (AvgIpc) is 2.20. The second-order valence-electron chi connectivity index (χ2n) is 2.60. The van der Waals surface area contributed by atoms with Gasteiger partial charge in [-0.3, -0.25) is 4.79 Å². The van der Waals surface area contributed by atoms with Crippen molar-refractivity contribution in [2.24, 2.45) is 0 Å². The molecule has 0 aliphatic heterocycles. The van der Waals surface area contributed by atoms with E-state index in [1.807, 2.05) is 5.32 Å². The number of alkyl halides is 2. The molecule has 0 aromatic heterocycles. The molecular weight excluding hydrogens is 226 g/mol. The van der Waals surface area contributed by atoms with Crippen LogP contribution in [0.3, 0.4) is 0 Å². The van der Waals surface area contributed by atoms with Crippen molar-refractivity contribution in [3.63, 3.8) is 0 Å². The van der Waals surface area contributed by atoms with Crippen LogP contribution in [0.15, 0.2) is 18.2 Å². The molecule has 0 atom stereocenters. The van der Waals surface area contributed by atoms with Gasteiger partial charge in [0, 0.05) is 5.69 Å². The van der Waals surface area contributed by atoms with Crippen LogP contribution in [-0.2, 0) is 4.79 Å². The van der Waals surface area contributed by atoms with Crippen LogP contribution >= 0.6 is 11.6 Å². The molecule has 1 aromatic carbocycles. The molecule has 0 spiro atoms. The molecule has 0 radical (unpaired) electrons. The predicted molar refractivity (Wildman–Crippen MR) is 50.8 cm³/mol. The lowest BCUT2D eigenvalue weighted by atomic mass is 10.2. The minimum atomic E-state index is -3.09. The van der Waals surface area contributed by atoms with Gasteiger partial charge in [0.05, 0.1) is 10.6 Å². The van der Waals surface area contributed by atoms with E-state index in [-0.39, 0.29) is 16.3 Å². The maximum Gasteiger partial charge on any atom is 0.315 e. The Morgan fingerprint density at radius 3 is 2.73 bits per heavy atom. The summed E-state index contributed by atoms with van der Waals surface area (Å²) in [4.78, 5) is 10.6. The number of benzene rings is 1. The first-order valence-corrected chi connectivity index (χ1v) is 4.21. The van der Waals surface area contributed by atoms with Gasteiger partial charge in [0.25, 0.3) is 5.91 Å². The molecule has 0 bridgehead atoms. The number of nitriles is 1. The first-order valence-electron chi connectivity index (χ1n) is 3.83. The normalized spacial score (nSPS) is 9.80. The third-order valence-corrected chi connectivity index (χ3v) is 1.88. The van der Waals surface area contributed by atoms with E-state index in [0.29, 0.717) is 0 Å². The molecule has 0 saturated carbocycles. The number of carbonyl (C=O) groups excluding carboxylic acids is 1. The molecule has 1 amide bonds. The van der Waals surface area contributed by atoms with E-state index in [1.165, 1.54) is 18.2 Å². The Morgan fingerprint density at radius 1 is 1.53 bits per heavy atom. The highest BCUT2D eigenvalue weighted by atomic mass is 35.5. The molecule has 78 valence electrons. The highest BCUT2D eigenvalue weighted by Crippen LogP contribution is 2.19. The molecule has 1 aromatic rings. The van der Waals surface area contributed by atoms with Gasteiger partial charge in [-0.1, -0.05) is 11.6 Å². The van der Waals surface area contributed by atoms with Gasteiger partial charge in [-0.25, -0.2) is 0 Å². The summed E-state index contributed by atoms with van der Waals surface area (Å²) in [6.07, 6.45) is -3.09. The molecule has 0 fully saturated rings. The lowest BCUT2D eigenvalue weighted by Crippen LogP contribution is -2.20. The third kappa shape index (κ3) is 2.89. The standard InChI is InChI=1S/C9H5ClF2N2O/c10-7-2-1-6(3-5(7)4-13)14-9(15)8(11)12/h1-3,8H,(H,14,15). The van der Waals surface area contributed by atoms with E-state index in [1.54, 1.807) is 6.07 Å². The molecule has 0 aliphatic rings. The van der Waals surface area contributed by atoms with Crippen molar-refractivity contribution in [2.45, 2.75) is 6.43 Å². The Hall–Kier alpha value is -1.67. The zero-order valence-corrected chi connectivity index (χ0v) is 8.05. The maximum atomic E-state index is 11.9. The molecule has 6 heteroatoms. The molecule has 3 nitrogen and oxygen atoms in total. The molecule has 0 unspecified atom stereocenters. The van der Waals surface area contributed by atoms with Crippen molar-refractivity contribution in [1.29, 1.82) is 5.26 Å². The summed E-state index contributed by atoms with van der Waals surface area (Å²) in [6, 6.07) is 5.68. The van der Waals surface area contributed by atoms with Crippen LogP contribution in [0.5, 0.6) is 0 Å². The molecule has 0 saturated heterocycles. The Balaban J connectivity index is 2.89. The number of hydrogen-bond donors (Lipinski definition) is 1. The lowest BCUT2D eigenvalue weighted by molar-refractivity contribution is -0.126. The second-order valence-corrected chi connectivity index (χ2v) is 3.00. The van der Waals surface area contributed by atoms with Crippen molar-refractivity contribution < 1.29 is 13.6 Å². The second kappa shape index (κ2) is 4.71. The first-order chi connectivity index (χ1) is 7.04. The summed E-state index contributed by atoms with van der Waals surface area (Å²) in [5.41, 5.74) is 0.227. The zero-order valence-electron chi connectivity index (χ0n) is 7.30. The van der Waals surface area contributed by atoms with Crippen LogP contribution in [-0.4, -0.2) is 12.3 Å². The van der Waals surface area contributed by atoms with E-state index in [9.17, 15) is 13.6 Å². The quantitative estimate of drug-likeness (QED) is 0.848. The average molecular weight is 231 g/mol. The van der Waals surface area contributed by atoms with Crippen LogP contribution in [0.2, 0.25) is 5.02 Å². The van der Waals surface area contributed by atoms with Gasteiger partial charge in [0.1, 0.15) is 6.07 Å². The van der Waals surface area contributed by atoms with Gasteiger partial charge in [-0.05, 0) is 18.2 Å². The molecule has 0 aliphatic carbocycles. The number of nitrogens with zero attached hydrogens (tertiary/aromatic N) is 1. The minimum absolute atomic E-state index is 0.112. The fourth-order valence-electron chi connectivity index (χ4n) is 0.886. The number of amides is 1. The van der Waals surface area contributed by atoms with Gasteiger partial charge in [0.15, 0.2) is 0 Å². The maximum absolute atomic E-state index is 11.9. The molecule has 1 N–H and O–H groups in total. The van der Waals surface area contributed by atoms with Gasteiger partial charge in [-0.15, -0.1) is 0 Å². The molecule has 15 heavy (non-hydrogen) atoms. The van der Waals surface area contributed by atoms with Crippen LogP contribution in [0.4, 0.5) is 14.5 Å². The van der Waals surface area contributed by atoms with Gasteiger partial charge < -0.3 is 5.32 Å². The third-order valence-electron chi connectivity index (χ3n) is 1.55. The summed E-state index contributed by atoms with van der Waals surface area (Å²) in [7, 11) is 0. The van der Waals surface area contributed by atoms with Crippen LogP contribution in [0.1, 0.15) is 5.56 Å². The monoisotopic (exact) mass is 230 g/mol. The van der Waals surface area contributed by atoms with Crippen molar-refractivity contribution >= 4 is 23.2 Å². The van der Waals surface area contributed by atoms with E-state index in [4.69, 9.17) is 16.9 Å². The summed E-state index contributed by atoms with van der Waals surface area (Å²) >= 11 is 5.61. The van der Waals surface area contributed by atoms with Gasteiger partial charge in [-0.2, -0.15) is 14.0 Å². The summed E-state index contributed by atoms with van der Waals surface area (Å²) < 4.78 is 23.7. The Kier molecular flexibility index (Phi) is 3.58. The van der Waals surface area contributed by atoms with Crippen molar-refractivity contribution in [3.05, 3.63) is 28.8 Å². The smallest absolute Gasteiger partial charge is 0.315 e. The topological polar surface area (TPSA) is 52.9 Å². The van der Waals surface area contributed by atoms with Crippen molar-refractivity contribution in [1.82, 2.24) is 0 Å². The summed E-state index contributed by atoms with van der Waals surface area (Å²) in [5.74, 6) is -1.42. The van der Waals surface area contributed by atoms with Gasteiger partial charge in [0.2, 0.25) is 0 Å². The Labute approximate surface area is 89.3 Å². The number of hydrogen-bond acceptors (Lipinski definition) is 2. The predicted octanol–water partition coefficient (Wildman–Crippen LogP) is 2.42. The van der Waals surface area contributed by atoms with Crippen LogP contribution in [0, 0.1) is 11.3 Å². The highest BCUT2D eigenvalue weighted by Gasteiger charge is 2.15. The van der Waals surface area contributed by atoms with E-state index >= 15 is 0 Å². The summed E-state index contributed by atoms with van der Waals surface area (Å²) in [6.45, 7) is 0. The fourth-order valence-corrected chi connectivity index (χ4v) is 1.05. The molecule has 1 rings (SSSR count). The molecular formula is C9H5ClF2N2O. The van der Waals surface area contributed by atoms with E-state index in [0.717, 1.165) is 0 Å². The zero-order chi connectivity index (χ0) is 11.4. The van der Waals surface area contributed by atoms with E-state index in [2.05, 4.69) is 0 Å². The van der Waals surface area contributed by atoms with Crippen LogP contribution in [0.25, 0.3) is 0 Å². The fraction of sp³-hybridized carbons (Fsp3) is 0.111. The van der Waals surface area contributed by atoms with Crippen LogP contribution < -0.4 is 5.32 Å². The summed E-state index contributed by atoms with van der Waals surface area (Å²) in [5, 5.41) is 10.7. The number of anilines is 1. The first kappa shape index (κ1) is 11.4. The van der Waals surface area contributed by atoms with Gasteiger partial charge >= 0.3 is 6.43 Å². The number of carbonyl (C=O) groups is 1. The van der Waals surface area contributed by atoms with Crippen molar-refractivity contribution in [2.75, 3.05) is 5.32 Å². The number of rotatable bonds is 2. The Morgan fingerprint density at radius 2 is 2.20 bits per heavy atom.